The van der Waals surface area contributed by atoms with Crippen LogP contribution in [0.3, 0.4) is 0 Å². The van der Waals surface area contributed by atoms with Gasteiger partial charge < -0.3 is 20.4 Å². The van der Waals surface area contributed by atoms with E-state index in [1.54, 1.807) is 0 Å². The topological polar surface area (TPSA) is 84.2 Å². The molecule has 0 amide bonds. The third kappa shape index (κ3) is 2.84. The average Bonchev–Trinajstić information content (AvgIpc) is 2.87. The molecule has 1 aromatic rings. The largest absolute Gasteiger partial charge is 0.395 e. The lowest BCUT2D eigenvalue weighted by Crippen LogP contribution is -2.63. The van der Waals surface area contributed by atoms with Crippen LogP contribution in [0.25, 0.3) is 0 Å². The molecule has 5 nitrogen and oxygen atoms in total. The molecule has 116 valence electrons. The molecule has 4 atom stereocenters. The lowest BCUT2D eigenvalue weighted by molar-refractivity contribution is -0.147. The number of benzene rings is 1. The van der Waals surface area contributed by atoms with Crippen LogP contribution >= 0.6 is 0 Å². The van der Waals surface area contributed by atoms with Crippen molar-refractivity contribution in [3.63, 3.8) is 0 Å². The molecule has 21 heavy (non-hydrogen) atoms. The van der Waals surface area contributed by atoms with Gasteiger partial charge in [-0.25, -0.2) is 0 Å². The summed E-state index contributed by atoms with van der Waals surface area (Å²) in [6.07, 6.45) is -1.28. The minimum Gasteiger partial charge on any atom is -0.395 e. The zero-order valence-electron chi connectivity index (χ0n) is 12.0. The summed E-state index contributed by atoms with van der Waals surface area (Å²) in [4.78, 5) is 1.92. The van der Waals surface area contributed by atoms with Crippen molar-refractivity contribution in [3.8, 4) is 0 Å². The highest BCUT2D eigenvalue weighted by Crippen LogP contribution is 2.29. The Kier molecular flexibility index (Phi) is 4.28. The quantitative estimate of drug-likeness (QED) is 0.584. The summed E-state index contributed by atoms with van der Waals surface area (Å²) in [7, 11) is 0. The van der Waals surface area contributed by atoms with Gasteiger partial charge in [-0.1, -0.05) is 24.3 Å². The van der Waals surface area contributed by atoms with Crippen LogP contribution in [0.2, 0.25) is 0 Å². The maximum atomic E-state index is 10.0. The molecule has 0 aromatic heterocycles. The summed E-state index contributed by atoms with van der Waals surface area (Å²) in [5.41, 5.74) is 2.72. The van der Waals surface area contributed by atoms with Crippen molar-refractivity contribution in [1.82, 2.24) is 4.90 Å². The van der Waals surface area contributed by atoms with Gasteiger partial charge in [0, 0.05) is 13.1 Å². The van der Waals surface area contributed by atoms with Gasteiger partial charge in [0.05, 0.1) is 18.8 Å². The van der Waals surface area contributed by atoms with Crippen LogP contribution in [0, 0.1) is 5.92 Å². The molecule has 1 heterocycles. The number of likely N-dealkylation sites (tertiary alicyclic amines) is 1. The molecule has 1 saturated heterocycles. The van der Waals surface area contributed by atoms with E-state index in [2.05, 4.69) is 12.1 Å². The smallest absolute Gasteiger partial charge is 0.109 e. The summed E-state index contributed by atoms with van der Waals surface area (Å²) in [6.45, 7) is 0.779. The fourth-order valence-electron chi connectivity index (χ4n) is 3.70. The van der Waals surface area contributed by atoms with E-state index in [-0.39, 0.29) is 13.2 Å². The number of aliphatic hydroxyl groups excluding tert-OH is 4. The molecule has 1 aliphatic carbocycles. The Bertz CT molecular complexity index is 470. The number of piperidine rings is 1. The van der Waals surface area contributed by atoms with Gasteiger partial charge in [0.15, 0.2) is 0 Å². The fourth-order valence-corrected chi connectivity index (χ4v) is 3.70. The second-order valence-corrected chi connectivity index (χ2v) is 6.30. The van der Waals surface area contributed by atoms with Gasteiger partial charge in [-0.05, 0) is 29.9 Å². The second-order valence-electron chi connectivity index (χ2n) is 6.30. The summed E-state index contributed by atoms with van der Waals surface area (Å²) in [5.74, 6) is 0.422. The molecule has 4 N–H and O–H groups in total. The highest BCUT2D eigenvalue weighted by atomic mass is 16.4. The monoisotopic (exact) mass is 293 g/mol. The number of hydrogen-bond acceptors (Lipinski definition) is 5. The van der Waals surface area contributed by atoms with E-state index in [1.165, 1.54) is 11.1 Å². The minimum absolute atomic E-state index is 0.218. The first-order valence-corrected chi connectivity index (χ1v) is 7.56. The molecule has 1 fully saturated rings. The maximum Gasteiger partial charge on any atom is 0.109 e. The Morgan fingerprint density at radius 3 is 2.19 bits per heavy atom. The van der Waals surface area contributed by atoms with Gasteiger partial charge >= 0.3 is 0 Å². The number of β-amino-alcohol motifs (C(OH)–C–C–N with tert-alkyl or cyclic N) is 1. The molecular weight excluding hydrogens is 270 g/mol. The highest BCUT2D eigenvalue weighted by molar-refractivity contribution is 5.32. The van der Waals surface area contributed by atoms with Gasteiger partial charge in [-0.15, -0.1) is 0 Å². The first kappa shape index (κ1) is 14.9. The molecule has 4 unspecified atom stereocenters. The van der Waals surface area contributed by atoms with Crippen molar-refractivity contribution < 1.29 is 20.4 Å². The Labute approximate surface area is 124 Å². The SMILES string of the molecule is OCC1C(O)C(O)C(O)CN1CC1Cc2ccccc2C1. The van der Waals surface area contributed by atoms with Crippen LogP contribution in [0.15, 0.2) is 24.3 Å². The minimum atomic E-state index is -1.18. The van der Waals surface area contributed by atoms with Crippen molar-refractivity contribution in [2.75, 3.05) is 19.7 Å². The highest BCUT2D eigenvalue weighted by Gasteiger charge is 2.41. The molecule has 2 aliphatic rings. The average molecular weight is 293 g/mol. The summed E-state index contributed by atoms with van der Waals surface area (Å²) in [6, 6.07) is 7.86. The van der Waals surface area contributed by atoms with Gasteiger partial charge in [0.25, 0.3) is 0 Å². The molecule has 0 bridgehead atoms. The first-order chi connectivity index (χ1) is 10.1. The normalized spacial score (nSPS) is 34.1. The Balaban J connectivity index is 1.67. The number of fused-ring (bicyclic) bond motifs is 1. The Morgan fingerprint density at radius 2 is 1.62 bits per heavy atom. The number of rotatable bonds is 3. The van der Waals surface area contributed by atoms with E-state index >= 15 is 0 Å². The van der Waals surface area contributed by atoms with Crippen LogP contribution < -0.4 is 0 Å². The van der Waals surface area contributed by atoms with Crippen LogP contribution in [0.4, 0.5) is 0 Å². The third-order valence-electron chi connectivity index (χ3n) is 4.84. The zero-order chi connectivity index (χ0) is 15.0. The first-order valence-electron chi connectivity index (χ1n) is 7.56. The number of aliphatic hydroxyl groups is 4. The zero-order valence-corrected chi connectivity index (χ0v) is 12.0. The number of nitrogens with zero attached hydrogens (tertiary/aromatic N) is 1. The summed E-state index contributed by atoms with van der Waals surface area (Å²) >= 11 is 0. The van der Waals surface area contributed by atoms with Crippen molar-refractivity contribution in [1.29, 1.82) is 0 Å². The van der Waals surface area contributed by atoms with Gasteiger partial charge in [0.2, 0.25) is 0 Å². The fraction of sp³-hybridized carbons (Fsp3) is 0.625. The van der Waals surface area contributed by atoms with Crippen molar-refractivity contribution >= 4 is 0 Å². The lowest BCUT2D eigenvalue weighted by Gasteiger charge is -2.44. The van der Waals surface area contributed by atoms with E-state index in [0.29, 0.717) is 12.5 Å². The van der Waals surface area contributed by atoms with E-state index in [9.17, 15) is 20.4 Å². The third-order valence-corrected chi connectivity index (χ3v) is 4.84. The van der Waals surface area contributed by atoms with Crippen LogP contribution in [0.1, 0.15) is 11.1 Å². The molecule has 0 saturated carbocycles. The van der Waals surface area contributed by atoms with Crippen LogP contribution in [-0.4, -0.2) is 69.4 Å². The molecule has 3 rings (SSSR count). The van der Waals surface area contributed by atoms with E-state index < -0.39 is 24.4 Å². The standard InChI is InChI=1S/C16H23NO4/c18-9-13-15(20)16(21)14(19)8-17(13)7-10-5-11-3-1-2-4-12(11)6-10/h1-4,10,13-16,18-21H,5-9H2. The van der Waals surface area contributed by atoms with Crippen molar-refractivity contribution in [2.45, 2.75) is 37.2 Å². The van der Waals surface area contributed by atoms with Crippen molar-refractivity contribution in [2.24, 2.45) is 5.92 Å². The maximum absolute atomic E-state index is 10.0. The predicted octanol–water partition coefficient (Wildman–Crippen LogP) is -0.839. The summed E-state index contributed by atoms with van der Waals surface area (Å²) < 4.78 is 0. The van der Waals surface area contributed by atoms with Crippen LogP contribution in [0.5, 0.6) is 0 Å². The molecule has 1 aliphatic heterocycles. The van der Waals surface area contributed by atoms with Crippen LogP contribution in [-0.2, 0) is 12.8 Å². The number of hydrogen-bond donors (Lipinski definition) is 4. The van der Waals surface area contributed by atoms with Gasteiger partial charge in [0.1, 0.15) is 12.2 Å². The van der Waals surface area contributed by atoms with Crippen molar-refractivity contribution in [3.05, 3.63) is 35.4 Å². The Hall–Kier alpha value is -0.980. The lowest BCUT2D eigenvalue weighted by atomic mass is 9.92. The Morgan fingerprint density at radius 1 is 1.00 bits per heavy atom. The second kappa shape index (κ2) is 6.02. The molecule has 1 aromatic carbocycles. The molecule has 0 spiro atoms. The van der Waals surface area contributed by atoms with E-state index in [0.717, 1.165) is 12.8 Å². The molecular formula is C16H23NO4. The van der Waals surface area contributed by atoms with Gasteiger partial charge in [-0.2, -0.15) is 0 Å². The van der Waals surface area contributed by atoms with Gasteiger partial charge in [-0.3, -0.25) is 4.90 Å². The van der Waals surface area contributed by atoms with E-state index in [4.69, 9.17) is 0 Å². The molecule has 0 radical (unpaired) electrons. The van der Waals surface area contributed by atoms with E-state index in [1.807, 2.05) is 17.0 Å². The predicted molar refractivity (Wildman–Crippen MR) is 77.8 cm³/mol. The summed E-state index contributed by atoms with van der Waals surface area (Å²) in [5, 5.41) is 39.1. The molecule has 5 heteroatoms.